The first kappa shape index (κ1) is 17.0. The molecule has 25 heavy (non-hydrogen) atoms. The van der Waals surface area contributed by atoms with Crippen molar-refractivity contribution in [3.63, 3.8) is 0 Å². The van der Waals surface area contributed by atoms with E-state index in [0.717, 1.165) is 4.88 Å². The molecule has 8 heteroatoms. The van der Waals surface area contributed by atoms with Crippen LogP contribution in [-0.4, -0.2) is 29.3 Å². The number of nitrogens with zero attached hydrogens (tertiary/aromatic N) is 2. The molecule has 3 rings (SSSR count). The van der Waals surface area contributed by atoms with Gasteiger partial charge in [0.2, 0.25) is 11.7 Å². The summed E-state index contributed by atoms with van der Waals surface area (Å²) >= 11 is 1.52. The highest BCUT2D eigenvalue weighted by molar-refractivity contribution is 7.13. The van der Waals surface area contributed by atoms with Crippen molar-refractivity contribution in [1.29, 1.82) is 0 Å². The molecule has 0 bridgehead atoms. The summed E-state index contributed by atoms with van der Waals surface area (Å²) in [6.45, 7) is 1.80. The number of benzene rings is 1. The molecular formula is C17H17N3O4S. The topological polar surface area (TPSA) is 86.5 Å². The van der Waals surface area contributed by atoms with Crippen molar-refractivity contribution in [3.8, 4) is 22.2 Å². The van der Waals surface area contributed by atoms with Gasteiger partial charge in [-0.05, 0) is 30.5 Å². The number of methoxy groups -OCH3 is 1. The van der Waals surface area contributed by atoms with Crippen molar-refractivity contribution in [2.24, 2.45) is 0 Å². The van der Waals surface area contributed by atoms with Gasteiger partial charge in [-0.3, -0.25) is 4.79 Å². The van der Waals surface area contributed by atoms with Crippen molar-refractivity contribution in [2.45, 2.75) is 19.6 Å². The fraction of sp³-hybridized carbons (Fsp3) is 0.235. The van der Waals surface area contributed by atoms with E-state index in [-0.39, 0.29) is 12.5 Å². The van der Waals surface area contributed by atoms with E-state index in [0.29, 0.717) is 23.2 Å². The molecule has 3 aromatic rings. The second-order valence-electron chi connectivity index (χ2n) is 5.12. The monoisotopic (exact) mass is 359 g/mol. The average molecular weight is 359 g/mol. The Hall–Kier alpha value is -2.87. The normalized spacial score (nSPS) is 11.8. The highest BCUT2D eigenvalue weighted by Crippen LogP contribution is 2.26. The van der Waals surface area contributed by atoms with Crippen LogP contribution in [0.25, 0.3) is 10.7 Å². The van der Waals surface area contributed by atoms with Crippen LogP contribution in [0, 0.1) is 0 Å². The van der Waals surface area contributed by atoms with Crippen LogP contribution in [0.15, 0.2) is 46.3 Å². The molecular weight excluding hydrogens is 342 g/mol. The zero-order chi connectivity index (χ0) is 17.6. The zero-order valence-corrected chi connectivity index (χ0v) is 14.6. The first-order chi connectivity index (χ1) is 12.2. The molecule has 7 nitrogen and oxygen atoms in total. The van der Waals surface area contributed by atoms with E-state index in [4.69, 9.17) is 14.0 Å². The molecule has 0 saturated heterocycles. The molecule has 1 atom stereocenters. The van der Waals surface area contributed by atoms with Crippen molar-refractivity contribution >= 4 is 17.2 Å². The van der Waals surface area contributed by atoms with E-state index < -0.39 is 6.10 Å². The molecule has 2 heterocycles. The largest absolute Gasteiger partial charge is 0.493 e. The summed E-state index contributed by atoms with van der Waals surface area (Å²) in [5.41, 5.74) is 0. The van der Waals surface area contributed by atoms with E-state index >= 15 is 0 Å². The zero-order valence-electron chi connectivity index (χ0n) is 13.8. The number of hydrogen-bond acceptors (Lipinski definition) is 7. The van der Waals surface area contributed by atoms with Crippen LogP contribution in [0.1, 0.15) is 12.8 Å². The molecule has 2 aromatic heterocycles. The number of amides is 1. The van der Waals surface area contributed by atoms with Crippen LogP contribution in [0.5, 0.6) is 11.5 Å². The third kappa shape index (κ3) is 4.16. The Morgan fingerprint density at radius 1 is 1.28 bits per heavy atom. The van der Waals surface area contributed by atoms with E-state index in [1.54, 1.807) is 26.2 Å². The van der Waals surface area contributed by atoms with Crippen LogP contribution in [0.2, 0.25) is 0 Å². The Morgan fingerprint density at radius 3 is 2.80 bits per heavy atom. The molecule has 0 fully saturated rings. The first-order valence-electron chi connectivity index (χ1n) is 7.61. The number of para-hydroxylation sites is 2. The predicted octanol–water partition coefficient (Wildman–Crippen LogP) is 2.89. The van der Waals surface area contributed by atoms with E-state index in [2.05, 4.69) is 15.5 Å². The highest BCUT2D eigenvalue weighted by atomic mass is 32.1. The second-order valence-corrected chi connectivity index (χ2v) is 6.07. The van der Waals surface area contributed by atoms with Crippen molar-refractivity contribution < 1.29 is 18.8 Å². The molecule has 1 aromatic carbocycles. The van der Waals surface area contributed by atoms with Crippen molar-refractivity contribution in [1.82, 2.24) is 15.5 Å². The Balaban J connectivity index is 1.55. The van der Waals surface area contributed by atoms with E-state index in [1.807, 2.05) is 29.6 Å². The third-order valence-electron chi connectivity index (χ3n) is 3.37. The van der Waals surface area contributed by atoms with Gasteiger partial charge in [0.05, 0.1) is 18.5 Å². The third-order valence-corrected chi connectivity index (χ3v) is 4.23. The standard InChI is InChI=1S/C17H17N3O4S/c1-11(23-13-7-4-3-6-12(13)22-2)17(21)18-10-15-19-16(20-24-15)14-8-5-9-25-14/h3-9,11H,10H2,1-2H3,(H,18,21)/t11-/m0/s1. The van der Waals surface area contributed by atoms with Gasteiger partial charge < -0.3 is 19.3 Å². The Kier molecular flexibility index (Phi) is 5.30. The summed E-state index contributed by atoms with van der Waals surface area (Å²) in [5, 5.41) is 8.55. The molecule has 0 spiro atoms. The molecule has 130 valence electrons. The molecule has 0 unspecified atom stereocenters. The number of carbonyl (C=O) groups excluding carboxylic acids is 1. The van der Waals surface area contributed by atoms with Gasteiger partial charge in [-0.15, -0.1) is 11.3 Å². The maximum absolute atomic E-state index is 12.2. The second kappa shape index (κ2) is 7.80. The summed E-state index contributed by atoms with van der Waals surface area (Å²) in [6, 6.07) is 11.0. The average Bonchev–Trinajstić information content (AvgIpc) is 3.31. The summed E-state index contributed by atoms with van der Waals surface area (Å²) < 4.78 is 16.0. The van der Waals surface area contributed by atoms with Gasteiger partial charge in [0.25, 0.3) is 5.91 Å². The fourth-order valence-electron chi connectivity index (χ4n) is 2.10. The van der Waals surface area contributed by atoms with Crippen LogP contribution in [0.4, 0.5) is 0 Å². The summed E-state index contributed by atoms with van der Waals surface area (Å²) in [4.78, 5) is 17.4. The Bertz CT molecular complexity index is 832. The van der Waals surface area contributed by atoms with Crippen LogP contribution in [-0.2, 0) is 11.3 Å². The van der Waals surface area contributed by atoms with Gasteiger partial charge in [-0.2, -0.15) is 4.98 Å². The van der Waals surface area contributed by atoms with Crippen LogP contribution in [0.3, 0.4) is 0 Å². The number of ether oxygens (including phenoxy) is 2. The van der Waals surface area contributed by atoms with Crippen LogP contribution < -0.4 is 14.8 Å². The molecule has 1 N–H and O–H groups in total. The number of rotatable bonds is 7. The van der Waals surface area contributed by atoms with E-state index in [9.17, 15) is 4.79 Å². The van der Waals surface area contributed by atoms with Gasteiger partial charge in [0.15, 0.2) is 17.6 Å². The smallest absolute Gasteiger partial charge is 0.261 e. The highest BCUT2D eigenvalue weighted by Gasteiger charge is 2.18. The minimum Gasteiger partial charge on any atom is -0.493 e. The maximum Gasteiger partial charge on any atom is 0.261 e. The number of nitrogens with one attached hydrogen (secondary N) is 1. The van der Waals surface area contributed by atoms with Crippen LogP contribution >= 0.6 is 11.3 Å². The molecule has 0 aliphatic rings. The lowest BCUT2D eigenvalue weighted by atomic mass is 10.3. The van der Waals surface area contributed by atoms with Gasteiger partial charge >= 0.3 is 0 Å². The molecule has 0 saturated carbocycles. The quantitative estimate of drug-likeness (QED) is 0.698. The molecule has 0 aliphatic carbocycles. The van der Waals surface area contributed by atoms with Crippen molar-refractivity contribution in [2.75, 3.05) is 7.11 Å². The van der Waals surface area contributed by atoms with E-state index in [1.165, 1.54) is 11.3 Å². The lowest BCUT2D eigenvalue weighted by Gasteiger charge is -2.16. The lowest BCUT2D eigenvalue weighted by molar-refractivity contribution is -0.127. The first-order valence-corrected chi connectivity index (χ1v) is 8.49. The molecule has 0 aliphatic heterocycles. The Labute approximate surface area is 148 Å². The number of aromatic nitrogens is 2. The van der Waals surface area contributed by atoms with Gasteiger partial charge in [0, 0.05) is 0 Å². The fourth-order valence-corrected chi connectivity index (χ4v) is 2.75. The summed E-state index contributed by atoms with van der Waals surface area (Å²) in [6.07, 6.45) is -0.698. The minimum atomic E-state index is -0.698. The van der Waals surface area contributed by atoms with Gasteiger partial charge in [-0.25, -0.2) is 0 Å². The van der Waals surface area contributed by atoms with Crippen molar-refractivity contribution in [3.05, 3.63) is 47.7 Å². The maximum atomic E-state index is 12.2. The summed E-state index contributed by atoms with van der Waals surface area (Å²) in [5.74, 6) is 1.63. The minimum absolute atomic E-state index is 0.136. The Morgan fingerprint density at radius 2 is 2.08 bits per heavy atom. The predicted molar refractivity (Wildman–Crippen MR) is 92.5 cm³/mol. The lowest BCUT2D eigenvalue weighted by Crippen LogP contribution is -2.36. The van der Waals surface area contributed by atoms with Gasteiger partial charge in [0.1, 0.15) is 0 Å². The SMILES string of the molecule is COc1ccccc1O[C@@H](C)C(=O)NCc1nc(-c2cccs2)no1. The number of carbonyl (C=O) groups is 1. The summed E-state index contributed by atoms with van der Waals surface area (Å²) in [7, 11) is 1.55. The number of hydrogen-bond donors (Lipinski definition) is 1. The molecule has 1 amide bonds. The number of thiophene rings is 1. The molecule has 0 radical (unpaired) electrons. The van der Waals surface area contributed by atoms with Gasteiger partial charge in [-0.1, -0.05) is 23.4 Å².